The maximum absolute atomic E-state index is 12.1. The van der Waals surface area contributed by atoms with Crippen molar-refractivity contribution in [3.05, 3.63) is 35.9 Å². The van der Waals surface area contributed by atoms with Crippen LogP contribution in [0, 0.1) is 0 Å². The molecule has 3 rings (SSSR count). The lowest BCUT2D eigenvalue weighted by Crippen LogP contribution is -2.45. The van der Waals surface area contributed by atoms with Gasteiger partial charge in [-0.15, -0.1) is 0 Å². The Kier molecular flexibility index (Phi) is 4.86. The number of benzene rings is 1. The molecule has 0 spiro atoms. The van der Waals surface area contributed by atoms with Crippen molar-refractivity contribution in [3.8, 4) is 11.5 Å². The van der Waals surface area contributed by atoms with E-state index < -0.39 is 6.10 Å². The smallest absolute Gasteiger partial charge is 0.231 e. The van der Waals surface area contributed by atoms with Crippen LogP contribution < -0.4 is 9.47 Å². The zero-order valence-corrected chi connectivity index (χ0v) is 13.4. The van der Waals surface area contributed by atoms with Crippen LogP contribution in [0.15, 0.2) is 30.4 Å². The van der Waals surface area contributed by atoms with Gasteiger partial charge in [0, 0.05) is 25.4 Å². The molecule has 1 saturated heterocycles. The number of hydrogen-bond acceptors (Lipinski definition) is 4. The van der Waals surface area contributed by atoms with Crippen molar-refractivity contribution in [1.82, 2.24) is 4.90 Å². The lowest BCUT2D eigenvalue weighted by atomic mass is 9.87. The van der Waals surface area contributed by atoms with Gasteiger partial charge in [-0.3, -0.25) is 4.79 Å². The van der Waals surface area contributed by atoms with E-state index in [1.54, 1.807) is 4.90 Å². The number of piperidine rings is 1. The second kappa shape index (κ2) is 7.04. The van der Waals surface area contributed by atoms with Gasteiger partial charge in [0.05, 0.1) is 6.10 Å². The van der Waals surface area contributed by atoms with Crippen LogP contribution in [0.25, 0.3) is 0 Å². The summed E-state index contributed by atoms with van der Waals surface area (Å²) in [6.07, 6.45) is 5.44. The first kappa shape index (κ1) is 15.9. The molecule has 1 amide bonds. The Morgan fingerprint density at radius 2 is 2.17 bits per heavy atom. The molecule has 0 saturated carbocycles. The topological polar surface area (TPSA) is 59.0 Å². The number of allylic oxidation sites excluding steroid dienone is 1. The number of aliphatic hydroxyl groups is 1. The Balaban J connectivity index is 1.62. The van der Waals surface area contributed by atoms with E-state index >= 15 is 0 Å². The number of aliphatic hydroxyl groups excluding tert-OH is 1. The third-order valence-corrected chi connectivity index (χ3v) is 4.45. The molecule has 5 nitrogen and oxygen atoms in total. The molecule has 2 aliphatic heterocycles. The molecule has 2 atom stereocenters. The quantitative estimate of drug-likeness (QED) is 0.867. The van der Waals surface area contributed by atoms with Crippen LogP contribution >= 0.6 is 0 Å². The number of β-amino-alcohol motifs (C(OH)–C–C–N with tert-alkyl or cyclic N) is 1. The number of rotatable bonds is 4. The lowest BCUT2D eigenvalue weighted by molar-refractivity contribution is -0.133. The number of amides is 1. The van der Waals surface area contributed by atoms with Gasteiger partial charge in [0.15, 0.2) is 11.5 Å². The van der Waals surface area contributed by atoms with E-state index in [4.69, 9.17) is 9.47 Å². The zero-order chi connectivity index (χ0) is 16.2. The van der Waals surface area contributed by atoms with Crippen molar-refractivity contribution >= 4 is 5.91 Å². The average molecular weight is 317 g/mol. The predicted molar refractivity (Wildman–Crippen MR) is 86.6 cm³/mol. The molecule has 23 heavy (non-hydrogen) atoms. The summed E-state index contributed by atoms with van der Waals surface area (Å²) >= 11 is 0. The second-order valence-corrected chi connectivity index (χ2v) is 6.00. The summed E-state index contributed by atoms with van der Waals surface area (Å²) in [5.41, 5.74) is 1.04. The van der Waals surface area contributed by atoms with Crippen molar-refractivity contribution in [2.24, 2.45) is 0 Å². The van der Waals surface area contributed by atoms with Gasteiger partial charge in [-0.05, 0) is 30.5 Å². The fourth-order valence-electron chi connectivity index (χ4n) is 3.17. The highest BCUT2D eigenvalue weighted by Crippen LogP contribution is 2.37. The number of fused-ring (bicyclic) bond motifs is 1. The summed E-state index contributed by atoms with van der Waals surface area (Å²) in [4.78, 5) is 13.9. The number of carbonyl (C=O) groups excluding carboxylic acids is 1. The Hall–Kier alpha value is -2.01. The lowest BCUT2D eigenvalue weighted by Gasteiger charge is -2.36. The molecule has 0 unspecified atom stereocenters. The number of nitrogens with zero attached hydrogens (tertiary/aromatic N) is 1. The first-order valence-electron chi connectivity index (χ1n) is 8.19. The molecule has 1 aromatic rings. The minimum Gasteiger partial charge on any atom is -0.454 e. The standard InChI is InChI=1S/C18H23NO4/c1-2-3-4-5-18(21)19-9-8-14(15(20)11-19)13-6-7-16-17(10-13)23-12-22-16/h3-4,6-7,10,14-15,20H,2,5,8-9,11-12H2,1H3/b4-3+/t14-,15+/m0/s1. The van der Waals surface area contributed by atoms with E-state index in [0.717, 1.165) is 29.9 Å². The van der Waals surface area contributed by atoms with Crippen molar-refractivity contribution in [2.45, 2.75) is 38.2 Å². The summed E-state index contributed by atoms with van der Waals surface area (Å²) in [5.74, 6) is 1.59. The highest BCUT2D eigenvalue weighted by atomic mass is 16.7. The number of carbonyl (C=O) groups is 1. The molecule has 5 heteroatoms. The number of ether oxygens (including phenoxy) is 2. The molecule has 0 aliphatic carbocycles. The molecular weight excluding hydrogens is 294 g/mol. The summed E-state index contributed by atoms with van der Waals surface area (Å²) < 4.78 is 10.7. The van der Waals surface area contributed by atoms with Gasteiger partial charge in [0.25, 0.3) is 0 Å². The molecule has 1 aromatic carbocycles. The molecule has 1 N–H and O–H groups in total. The van der Waals surface area contributed by atoms with Crippen molar-refractivity contribution in [3.63, 3.8) is 0 Å². The van der Waals surface area contributed by atoms with Crippen molar-refractivity contribution in [1.29, 1.82) is 0 Å². The summed E-state index contributed by atoms with van der Waals surface area (Å²) in [6.45, 7) is 3.36. The third kappa shape index (κ3) is 3.50. The maximum Gasteiger partial charge on any atom is 0.231 e. The SMILES string of the molecule is CC/C=C/CC(=O)N1CC[C@@H](c2ccc3c(c2)OCO3)[C@H](O)C1. The normalized spacial score (nSPS) is 23.5. The third-order valence-electron chi connectivity index (χ3n) is 4.45. The molecule has 2 aliphatic rings. The van der Waals surface area contributed by atoms with Crippen molar-refractivity contribution < 1.29 is 19.4 Å². The van der Waals surface area contributed by atoms with E-state index in [1.807, 2.05) is 37.3 Å². The number of hydrogen-bond donors (Lipinski definition) is 1. The Labute approximate surface area is 136 Å². The Morgan fingerprint density at radius 1 is 1.35 bits per heavy atom. The van der Waals surface area contributed by atoms with Gasteiger partial charge in [0.1, 0.15) is 0 Å². The van der Waals surface area contributed by atoms with Gasteiger partial charge in [-0.1, -0.05) is 25.1 Å². The largest absolute Gasteiger partial charge is 0.454 e. The molecule has 0 bridgehead atoms. The van der Waals surface area contributed by atoms with Gasteiger partial charge < -0.3 is 19.5 Å². The molecule has 2 heterocycles. The van der Waals surface area contributed by atoms with E-state index in [2.05, 4.69) is 0 Å². The van der Waals surface area contributed by atoms with E-state index in [0.29, 0.717) is 19.5 Å². The van der Waals surface area contributed by atoms with Crippen LogP contribution in [0.2, 0.25) is 0 Å². The number of likely N-dealkylation sites (tertiary alicyclic amines) is 1. The summed E-state index contributed by atoms with van der Waals surface area (Å²) in [7, 11) is 0. The van der Waals surface area contributed by atoms with Crippen LogP contribution in [0.1, 0.15) is 37.7 Å². The summed E-state index contributed by atoms with van der Waals surface area (Å²) in [6, 6.07) is 5.80. The first-order valence-corrected chi connectivity index (χ1v) is 8.19. The first-order chi connectivity index (χ1) is 11.2. The Bertz CT molecular complexity index is 599. The van der Waals surface area contributed by atoms with E-state index in [-0.39, 0.29) is 18.6 Å². The monoisotopic (exact) mass is 317 g/mol. The molecule has 124 valence electrons. The highest BCUT2D eigenvalue weighted by molar-refractivity contribution is 5.77. The molecule has 0 radical (unpaired) electrons. The van der Waals surface area contributed by atoms with Gasteiger partial charge in [0.2, 0.25) is 12.7 Å². The van der Waals surface area contributed by atoms with Crippen LogP contribution in [0.4, 0.5) is 0 Å². The fourth-order valence-corrected chi connectivity index (χ4v) is 3.17. The molecular formula is C18H23NO4. The van der Waals surface area contributed by atoms with Gasteiger partial charge in [-0.25, -0.2) is 0 Å². The minimum atomic E-state index is -0.553. The Morgan fingerprint density at radius 3 is 2.96 bits per heavy atom. The van der Waals surface area contributed by atoms with Crippen molar-refractivity contribution in [2.75, 3.05) is 19.9 Å². The van der Waals surface area contributed by atoms with Gasteiger partial charge in [-0.2, -0.15) is 0 Å². The second-order valence-electron chi connectivity index (χ2n) is 6.00. The average Bonchev–Trinajstić information content (AvgIpc) is 3.02. The molecule has 0 aromatic heterocycles. The predicted octanol–water partition coefficient (Wildman–Crippen LogP) is 2.45. The van der Waals surface area contributed by atoms with Crippen LogP contribution in [0.3, 0.4) is 0 Å². The maximum atomic E-state index is 12.1. The van der Waals surface area contributed by atoms with E-state index in [9.17, 15) is 9.90 Å². The zero-order valence-electron chi connectivity index (χ0n) is 13.4. The van der Waals surface area contributed by atoms with Gasteiger partial charge >= 0.3 is 0 Å². The van der Waals surface area contributed by atoms with Crippen LogP contribution in [0.5, 0.6) is 11.5 Å². The highest BCUT2D eigenvalue weighted by Gasteiger charge is 2.31. The summed E-state index contributed by atoms with van der Waals surface area (Å²) in [5, 5.41) is 10.5. The fraction of sp³-hybridized carbons (Fsp3) is 0.500. The van der Waals surface area contributed by atoms with Crippen LogP contribution in [-0.2, 0) is 4.79 Å². The minimum absolute atomic E-state index is 0.0275. The molecule has 1 fully saturated rings. The van der Waals surface area contributed by atoms with Crippen LogP contribution in [-0.4, -0.2) is 41.9 Å². The van der Waals surface area contributed by atoms with E-state index in [1.165, 1.54) is 0 Å².